The average Bonchev–Trinajstić information content (AvgIpc) is 2.36. The third-order valence-electron chi connectivity index (χ3n) is 7.85. The van der Waals surface area contributed by atoms with E-state index in [9.17, 15) is 0 Å². The van der Waals surface area contributed by atoms with Crippen molar-refractivity contribution >= 4 is 72.3 Å². The minimum atomic E-state index is -1.08. The zero-order valence-corrected chi connectivity index (χ0v) is 30.7. The van der Waals surface area contributed by atoms with Crippen LogP contribution in [0.2, 0.25) is 105 Å². The van der Waals surface area contributed by atoms with E-state index in [-0.39, 0.29) is 0 Å². The van der Waals surface area contributed by atoms with Gasteiger partial charge in [0.25, 0.3) is 0 Å². The van der Waals surface area contributed by atoms with Crippen LogP contribution in [0.3, 0.4) is 0 Å². The monoisotopic (exact) mass is 594 g/mol. The van der Waals surface area contributed by atoms with Gasteiger partial charge in [-0.3, -0.25) is 0 Å². The van der Waals surface area contributed by atoms with Crippen molar-refractivity contribution in [3.8, 4) is 0 Å². The molecule has 0 saturated carbocycles. The molecule has 0 amide bonds. The molecule has 0 aromatic rings. The third-order valence-corrected chi connectivity index (χ3v) is 328. The van der Waals surface area contributed by atoms with Crippen molar-refractivity contribution in [3.63, 3.8) is 0 Å². The molecule has 0 unspecified atom stereocenters. The van der Waals surface area contributed by atoms with Crippen molar-refractivity contribution in [2.45, 2.75) is 105 Å². The van der Waals surface area contributed by atoms with Crippen LogP contribution in [0.1, 0.15) is 0 Å². The van der Waals surface area contributed by atoms with Crippen LogP contribution in [-0.4, -0.2) is 72.3 Å². The normalized spacial score (nSPS) is 25.9. The average molecular weight is 593 g/mol. The van der Waals surface area contributed by atoms with Gasteiger partial charge in [0.15, 0.2) is 0 Å². The molecule has 9 heteroatoms. The topological polar surface area (TPSA) is 0 Å². The molecule has 0 aliphatic carbocycles. The van der Waals surface area contributed by atoms with Crippen LogP contribution in [-0.2, 0) is 0 Å². The van der Waals surface area contributed by atoms with Crippen molar-refractivity contribution in [2.24, 2.45) is 0 Å². The van der Waals surface area contributed by atoms with Gasteiger partial charge in [0.05, 0.1) is 0 Å². The molecule has 1 rings (SSSR count). The summed E-state index contributed by atoms with van der Waals surface area (Å²) in [7, 11) is -6.35. The van der Waals surface area contributed by atoms with Crippen LogP contribution >= 0.6 is 0 Å². The fourth-order valence-corrected chi connectivity index (χ4v) is 638. The maximum atomic E-state index is 3.03. The van der Waals surface area contributed by atoms with Gasteiger partial charge in [-0.1, -0.05) is 0 Å². The first-order valence-electron chi connectivity index (χ1n) is 10.2. The first kappa shape index (κ1) is 25.6. The summed E-state index contributed by atoms with van der Waals surface area (Å²) in [5.41, 5.74) is 0. The molecule has 25 heavy (non-hydrogen) atoms. The molecular weight excluding hydrogens is 544 g/mol. The Kier molecular flexibility index (Phi) is 6.66. The van der Waals surface area contributed by atoms with E-state index in [4.69, 9.17) is 0 Å². The van der Waals surface area contributed by atoms with Crippen LogP contribution in [0.5, 0.6) is 0 Å². The molecule has 0 bridgehead atoms. The van der Waals surface area contributed by atoms with Gasteiger partial charge in [0.1, 0.15) is 0 Å². The van der Waals surface area contributed by atoms with E-state index < -0.39 is 52.9 Å². The summed E-state index contributed by atoms with van der Waals surface area (Å²) < 4.78 is -2.03. The van der Waals surface area contributed by atoms with E-state index in [1.807, 2.05) is 0 Å². The maximum absolute atomic E-state index is 3.03. The molecule has 1 saturated heterocycles. The fourth-order valence-electron chi connectivity index (χ4n) is 7.98. The molecule has 0 spiro atoms. The first-order valence-corrected chi connectivity index (χ1v) is 48.0. The molecule has 1 aliphatic rings. The van der Waals surface area contributed by atoms with Gasteiger partial charge in [0, 0.05) is 0 Å². The Morgan fingerprint density at radius 3 is 0.640 bits per heavy atom. The van der Waals surface area contributed by atoms with Gasteiger partial charge < -0.3 is 0 Å². The first-order chi connectivity index (χ1) is 10.5. The zero-order chi connectivity index (χ0) is 20.7. The van der Waals surface area contributed by atoms with Crippen molar-refractivity contribution in [1.29, 1.82) is 0 Å². The predicted molar refractivity (Wildman–Crippen MR) is 146 cm³/mol. The molecule has 0 atom stereocenters. The van der Waals surface area contributed by atoms with Crippen LogP contribution in [0.15, 0.2) is 0 Å². The second-order valence-electron chi connectivity index (χ2n) is 13.7. The summed E-state index contributed by atoms with van der Waals surface area (Å²) in [6, 6.07) is 0. The second-order valence-corrected chi connectivity index (χ2v) is 136. The Bertz CT molecular complexity index is 452. The third kappa shape index (κ3) is 3.12. The summed E-state index contributed by atoms with van der Waals surface area (Å²) in [5, 5.41) is 0. The van der Waals surface area contributed by atoms with Crippen molar-refractivity contribution < 1.29 is 0 Å². The van der Waals surface area contributed by atoms with E-state index in [2.05, 4.69) is 105 Å². The van der Waals surface area contributed by atoms with Crippen molar-refractivity contribution in [3.05, 3.63) is 0 Å². The minimum absolute atomic E-state index is 0.293. The summed E-state index contributed by atoms with van der Waals surface area (Å²) in [5.74, 6) is 0. The van der Waals surface area contributed by atoms with Crippen LogP contribution < -0.4 is 0 Å². The molecule has 0 radical (unpaired) electrons. The van der Waals surface area contributed by atoms with E-state index in [0.29, 0.717) is 19.3 Å². The van der Waals surface area contributed by atoms with E-state index >= 15 is 0 Å². The SMILES string of the molecule is C[Si](C)(C)[Si]1([Si](C)(C)C)[Te][Si]([Si](C)(C)C)([Si](C)(C)C)[Si](C)(C)[Si]1(C)C. The number of hydrogen-bond donors (Lipinski definition) is 0. The van der Waals surface area contributed by atoms with Gasteiger partial charge in [-0.15, -0.1) is 0 Å². The second kappa shape index (κ2) is 6.51. The van der Waals surface area contributed by atoms with Gasteiger partial charge >= 0.3 is 177 Å². The molecular formula is C16H48Si8Te. The van der Waals surface area contributed by atoms with E-state index in [0.717, 1.165) is 0 Å². The summed E-state index contributed by atoms with van der Waals surface area (Å²) in [6.45, 7) is 46.6. The van der Waals surface area contributed by atoms with E-state index in [1.54, 1.807) is 0 Å². The van der Waals surface area contributed by atoms with Gasteiger partial charge in [-0.05, 0) is 0 Å². The molecule has 0 aromatic carbocycles. The molecule has 1 aliphatic heterocycles. The van der Waals surface area contributed by atoms with Gasteiger partial charge in [-0.25, -0.2) is 0 Å². The molecule has 1 fully saturated rings. The number of hydrogen-bond acceptors (Lipinski definition) is 0. The molecule has 0 nitrogen and oxygen atoms in total. The Balaban J connectivity index is 4.12. The van der Waals surface area contributed by atoms with Gasteiger partial charge in [-0.2, -0.15) is 0 Å². The molecule has 150 valence electrons. The van der Waals surface area contributed by atoms with Crippen molar-refractivity contribution in [2.75, 3.05) is 0 Å². The predicted octanol–water partition coefficient (Wildman–Crippen LogP) is 5.91. The standard InChI is InChI=1S/C16H48Si8Te/c1-17(2,3)23(18(4,5)6)21(13,14)22(15,16)24(25-23,19(7,8)9)20(10,11)12/h1-16H3. The number of rotatable bonds is 4. The molecule has 0 aromatic heterocycles. The summed E-state index contributed by atoms with van der Waals surface area (Å²) in [4.78, 5) is 0. The Labute approximate surface area is 175 Å². The summed E-state index contributed by atoms with van der Waals surface area (Å²) >= 11 is 0.293. The van der Waals surface area contributed by atoms with Crippen LogP contribution in [0.25, 0.3) is 0 Å². The van der Waals surface area contributed by atoms with E-state index in [1.165, 1.54) is 0 Å². The van der Waals surface area contributed by atoms with Crippen LogP contribution in [0.4, 0.5) is 0 Å². The zero-order valence-electron chi connectivity index (χ0n) is 20.4. The van der Waals surface area contributed by atoms with Gasteiger partial charge in [0.2, 0.25) is 0 Å². The van der Waals surface area contributed by atoms with Crippen molar-refractivity contribution in [1.82, 2.24) is 0 Å². The van der Waals surface area contributed by atoms with Crippen LogP contribution in [0, 0.1) is 0 Å². The molecule has 0 N–H and O–H groups in total. The fraction of sp³-hybridized carbons (Fsp3) is 1.00. The molecule has 1 heterocycles. The Morgan fingerprint density at radius 1 is 0.400 bits per heavy atom. The quantitative estimate of drug-likeness (QED) is 0.356. The Morgan fingerprint density at radius 2 is 0.560 bits per heavy atom. The Hall–Kier alpha value is 2.52. The summed E-state index contributed by atoms with van der Waals surface area (Å²) in [6.07, 6.45) is 0.